The molecule has 3 aliphatic rings. The van der Waals surface area contributed by atoms with E-state index in [0.29, 0.717) is 17.7 Å². The molecule has 120 valence electrons. The molecule has 5 atom stereocenters. The molecule has 3 N–H and O–H groups in total. The Morgan fingerprint density at radius 3 is 2.81 bits per heavy atom. The fraction of sp³-hybridized carbons (Fsp3) is 0.941. The quantitative estimate of drug-likeness (QED) is 0.776. The van der Waals surface area contributed by atoms with Crippen LogP contribution in [0.2, 0.25) is 0 Å². The molecule has 0 spiro atoms. The maximum atomic E-state index is 12.8. The lowest BCUT2D eigenvalue weighted by atomic mass is 9.71. The average molecular weight is 294 g/mol. The minimum atomic E-state index is -0.495. The molecule has 4 heteroatoms. The SMILES string of the molecule is CC1CC(N)CC(C(=O)N2CCC3(O)CCCCC3C2)C1. The van der Waals surface area contributed by atoms with Crippen molar-refractivity contribution in [2.45, 2.75) is 69.9 Å². The van der Waals surface area contributed by atoms with Gasteiger partial charge in [-0.15, -0.1) is 0 Å². The molecule has 0 aromatic heterocycles. The molecule has 4 nitrogen and oxygen atoms in total. The van der Waals surface area contributed by atoms with Gasteiger partial charge < -0.3 is 15.7 Å². The molecule has 0 bridgehead atoms. The Morgan fingerprint density at radius 1 is 1.24 bits per heavy atom. The molecule has 1 heterocycles. The number of carbonyl (C=O) groups excluding carboxylic acids is 1. The molecule has 3 rings (SSSR count). The number of nitrogens with two attached hydrogens (primary N) is 1. The summed E-state index contributed by atoms with van der Waals surface area (Å²) in [5.74, 6) is 1.25. The molecule has 1 saturated heterocycles. The number of fused-ring (bicyclic) bond motifs is 1. The van der Waals surface area contributed by atoms with Crippen molar-refractivity contribution in [2.75, 3.05) is 13.1 Å². The topological polar surface area (TPSA) is 66.6 Å². The minimum Gasteiger partial charge on any atom is -0.389 e. The third kappa shape index (κ3) is 3.11. The van der Waals surface area contributed by atoms with Crippen molar-refractivity contribution < 1.29 is 9.90 Å². The largest absolute Gasteiger partial charge is 0.389 e. The Balaban J connectivity index is 1.63. The monoisotopic (exact) mass is 294 g/mol. The van der Waals surface area contributed by atoms with Gasteiger partial charge in [0, 0.05) is 31.0 Å². The lowest BCUT2D eigenvalue weighted by Gasteiger charge is -2.48. The van der Waals surface area contributed by atoms with E-state index in [1.165, 1.54) is 6.42 Å². The van der Waals surface area contributed by atoms with Crippen LogP contribution in [-0.4, -0.2) is 40.6 Å². The van der Waals surface area contributed by atoms with E-state index < -0.39 is 5.60 Å². The minimum absolute atomic E-state index is 0.110. The van der Waals surface area contributed by atoms with Gasteiger partial charge in [0.25, 0.3) is 0 Å². The Hall–Kier alpha value is -0.610. The molecule has 1 aliphatic heterocycles. The summed E-state index contributed by atoms with van der Waals surface area (Å²) in [4.78, 5) is 14.8. The number of amides is 1. The molecule has 2 saturated carbocycles. The first-order valence-electron chi connectivity index (χ1n) is 8.74. The van der Waals surface area contributed by atoms with Gasteiger partial charge in [0.1, 0.15) is 0 Å². The second-order valence-corrected chi connectivity index (χ2v) is 7.85. The summed E-state index contributed by atoms with van der Waals surface area (Å²) in [6, 6.07) is 0.180. The fourth-order valence-corrected chi connectivity index (χ4v) is 4.89. The highest BCUT2D eigenvalue weighted by atomic mass is 16.3. The maximum absolute atomic E-state index is 12.8. The Kier molecular flexibility index (Phi) is 4.28. The summed E-state index contributed by atoms with van der Waals surface area (Å²) in [6.45, 7) is 3.69. The van der Waals surface area contributed by atoms with Crippen molar-refractivity contribution in [1.29, 1.82) is 0 Å². The normalized spacial score (nSPS) is 44.2. The zero-order chi connectivity index (χ0) is 15.0. The number of hydrogen-bond acceptors (Lipinski definition) is 3. The van der Waals surface area contributed by atoms with Crippen molar-refractivity contribution in [1.82, 2.24) is 4.90 Å². The summed E-state index contributed by atoms with van der Waals surface area (Å²) in [6.07, 6.45) is 7.96. The van der Waals surface area contributed by atoms with E-state index in [1.807, 2.05) is 4.90 Å². The van der Waals surface area contributed by atoms with Crippen LogP contribution in [-0.2, 0) is 4.79 Å². The first-order chi connectivity index (χ1) is 9.98. The van der Waals surface area contributed by atoms with Crippen LogP contribution in [0.1, 0.15) is 58.3 Å². The summed E-state index contributed by atoms with van der Waals surface area (Å²) in [5, 5.41) is 10.7. The molecule has 0 aromatic carbocycles. The number of aliphatic hydroxyl groups is 1. The van der Waals surface area contributed by atoms with Crippen molar-refractivity contribution >= 4 is 5.91 Å². The summed E-state index contributed by atoms with van der Waals surface area (Å²) in [7, 11) is 0. The number of rotatable bonds is 1. The average Bonchev–Trinajstić information content (AvgIpc) is 2.44. The van der Waals surface area contributed by atoms with Crippen LogP contribution in [0, 0.1) is 17.8 Å². The maximum Gasteiger partial charge on any atom is 0.225 e. The van der Waals surface area contributed by atoms with Crippen LogP contribution < -0.4 is 5.73 Å². The van der Waals surface area contributed by atoms with Gasteiger partial charge in [0.05, 0.1) is 5.60 Å². The van der Waals surface area contributed by atoms with Crippen LogP contribution in [0.5, 0.6) is 0 Å². The van der Waals surface area contributed by atoms with Crippen LogP contribution in [0.4, 0.5) is 0 Å². The Morgan fingerprint density at radius 2 is 2.05 bits per heavy atom. The Bertz CT molecular complexity index is 390. The zero-order valence-corrected chi connectivity index (χ0v) is 13.3. The number of hydrogen-bond donors (Lipinski definition) is 2. The lowest BCUT2D eigenvalue weighted by Crippen LogP contribution is -2.56. The number of likely N-dealkylation sites (tertiary alicyclic amines) is 1. The smallest absolute Gasteiger partial charge is 0.225 e. The molecular formula is C17H30N2O2. The molecular weight excluding hydrogens is 264 g/mol. The highest BCUT2D eigenvalue weighted by Crippen LogP contribution is 2.40. The van der Waals surface area contributed by atoms with E-state index in [4.69, 9.17) is 5.73 Å². The molecule has 0 radical (unpaired) electrons. The van der Waals surface area contributed by atoms with Crippen molar-refractivity contribution in [3.63, 3.8) is 0 Å². The van der Waals surface area contributed by atoms with Crippen LogP contribution in [0.15, 0.2) is 0 Å². The molecule has 0 aromatic rings. The van der Waals surface area contributed by atoms with Crippen molar-refractivity contribution in [3.05, 3.63) is 0 Å². The third-order valence-corrected chi connectivity index (χ3v) is 6.07. The first kappa shape index (κ1) is 15.3. The van der Waals surface area contributed by atoms with Crippen molar-refractivity contribution in [3.8, 4) is 0 Å². The summed E-state index contributed by atoms with van der Waals surface area (Å²) in [5.41, 5.74) is 5.60. The summed E-state index contributed by atoms with van der Waals surface area (Å²) < 4.78 is 0. The highest BCUT2D eigenvalue weighted by Gasteiger charge is 2.44. The predicted molar refractivity (Wildman–Crippen MR) is 82.6 cm³/mol. The van der Waals surface area contributed by atoms with E-state index in [-0.39, 0.29) is 12.0 Å². The standard InChI is InChI=1S/C17H30N2O2/c1-12-8-13(10-15(18)9-12)16(20)19-7-6-17(21)5-3-2-4-14(17)11-19/h12-15,21H,2-11,18H2,1H3. The summed E-state index contributed by atoms with van der Waals surface area (Å²) >= 11 is 0. The lowest BCUT2D eigenvalue weighted by molar-refractivity contribution is -0.149. The fourth-order valence-electron chi connectivity index (χ4n) is 4.89. The van der Waals surface area contributed by atoms with Gasteiger partial charge >= 0.3 is 0 Å². The Labute approximate surface area is 128 Å². The molecule has 5 unspecified atom stereocenters. The van der Waals surface area contributed by atoms with E-state index in [0.717, 1.165) is 58.0 Å². The van der Waals surface area contributed by atoms with Gasteiger partial charge in [-0.05, 0) is 44.4 Å². The van der Waals surface area contributed by atoms with E-state index in [1.54, 1.807) is 0 Å². The van der Waals surface area contributed by atoms with Gasteiger partial charge in [-0.1, -0.05) is 19.8 Å². The molecule has 21 heavy (non-hydrogen) atoms. The molecule has 1 amide bonds. The van der Waals surface area contributed by atoms with Gasteiger partial charge in [0.2, 0.25) is 5.91 Å². The van der Waals surface area contributed by atoms with Gasteiger partial charge in [-0.3, -0.25) is 4.79 Å². The van der Waals surface area contributed by atoms with E-state index >= 15 is 0 Å². The van der Waals surface area contributed by atoms with Crippen molar-refractivity contribution in [2.24, 2.45) is 23.5 Å². The number of carbonyl (C=O) groups is 1. The highest BCUT2D eigenvalue weighted by molar-refractivity contribution is 5.79. The van der Waals surface area contributed by atoms with Gasteiger partial charge in [-0.25, -0.2) is 0 Å². The van der Waals surface area contributed by atoms with Crippen LogP contribution >= 0.6 is 0 Å². The second kappa shape index (κ2) is 5.88. The molecule has 2 aliphatic carbocycles. The van der Waals surface area contributed by atoms with Crippen LogP contribution in [0.25, 0.3) is 0 Å². The molecule has 3 fully saturated rings. The zero-order valence-electron chi connectivity index (χ0n) is 13.3. The van der Waals surface area contributed by atoms with Gasteiger partial charge in [-0.2, -0.15) is 0 Å². The van der Waals surface area contributed by atoms with E-state index in [2.05, 4.69) is 6.92 Å². The number of nitrogens with zero attached hydrogens (tertiary/aromatic N) is 1. The second-order valence-electron chi connectivity index (χ2n) is 7.85. The van der Waals surface area contributed by atoms with Crippen LogP contribution in [0.3, 0.4) is 0 Å². The third-order valence-electron chi connectivity index (χ3n) is 6.07. The predicted octanol–water partition coefficient (Wildman–Crippen LogP) is 1.90. The number of piperidine rings is 1. The van der Waals surface area contributed by atoms with E-state index in [9.17, 15) is 9.90 Å². The first-order valence-corrected chi connectivity index (χ1v) is 8.74. The van der Waals surface area contributed by atoms with Gasteiger partial charge in [0.15, 0.2) is 0 Å².